The maximum Gasteiger partial charge on any atom is 0.234 e. The predicted molar refractivity (Wildman–Crippen MR) is 112 cm³/mol. The highest BCUT2D eigenvalue weighted by Gasteiger charge is 2.21. The zero-order valence-electron chi connectivity index (χ0n) is 16.2. The van der Waals surface area contributed by atoms with Crippen molar-refractivity contribution in [2.75, 3.05) is 17.7 Å². The third-order valence-corrected chi connectivity index (χ3v) is 5.77. The van der Waals surface area contributed by atoms with Crippen molar-refractivity contribution >= 4 is 23.4 Å². The molecule has 2 heterocycles. The Morgan fingerprint density at radius 3 is 2.67 bits per heavy atom. The number of carbonyl (C=O) groups is 1. The van der Waals surface area contributed by atoms with E-state index < -0.39 is 11.6 Å². The molecule has 1 N–H and O–H groups in total. The molecule has 0 bridgehead atoms. The van der Waals surface area contributed by atoms with Crippen LogP contribution in [0.3, 0.4) is 0 Å². The largest absolute Gasteiger partial charge is 0.376 e. The maximum absolute atomic E-state index is 13.3. The number of aromatic nitrogens is 2. The molecule has 4 rings (SSSR count). The van der Waals surface area contributed by atoms with Crippen LogP contribution in [0.15, 0.2) is 59.9 Å². The fourth-order valence-electron chi connectivity index (χ4n) is 3.43. The summed E-state index contributed by atoms with van der Waals surface area (Å²) < 4.78 is 34.5. The van der Waals surface area contributed by atoms with E-state index in [1.165, 1.54) is 11.8 Å². The number of anilines is 1. The van der Waals surface area contributed by atoms with Gasteiger partial charge in [-0.05, 0) is 30.5 Å². The zero-order valence-corrected chi connectivity index (χ0v) is 17.0. The van der Waals surface area contributed by atoms with Gasteiger partial charge >= 0.3 is 0 Å². The number of rotatable bonds is 7. The van der Waals surface area contributed by atoms with Gasteiger partial charge in [-0.25, -0.2) is 13.8 Å². The first-order chi connectivity index (χ1) is 14.6. The van der Waals surface area contributed by atoms with E-state index in [9.17, 15) is 13.6 Å². The van der Waals surface area contributed by atoms with E-state index in [1.54, 1.807) is 6.20 Å². The molecule has 1 aromatic heterocycles. The summed E-state index contributed by atoms with van der Waals surface area (Å²) in [6.07, 6.45) is 3.94. The number of halogens is 2. The number of amides is 1. The maximum atomic E-state index is 13.3. The Hall–Kier alpha value is -2.71. The average Bonchev–Trinajstić information content (AvgIpc) is 3.37. The summed E-state index contributed by atoms with van der Waals surface area (Å²) in [5, 5.41) is 3.22. The Labute approximate surface area is 177 Å². The highest BCUT2D eigenvalue weighted by molar-refractivity contribution is 7.99. The number of nitrogens with zero attached hydrogens (tertiary/aromatic N) is 2. The normalized spacial score (nSPS) is 16.0. The molecule has 1 unspecified atom stereocenters. The minimum absolute atomic E-state index is 0.0644. The van der Waals surface area contributed by atoms with E-state index >= 15 is 0 Å². The fourth-order valence-corrected chi connectivity index (χ4v) is 4.22. The molecule has 156 valence electrons. The Balaban J connectivity index is 1.48. The summed E-state index contributed by atoms with van der Waals surface area (Å²) in [7, 11) is 0. The van der Waals surface area contributed by atoms with Gasteiger partial charge in [-0.2, -0.15) is 0 Å². The van der Waals surface area contributed by atoms with Crippen LogP contribution in [-0.2, 0) is 16.1 Å². The molecule has 1 amide bonds. The van der Waals surface area contributed by atoms with Gasteiger partial charge in [0.2, 0.25) is 5.91 Å². The lowest BCUT2D eigenvalue weighted by molar-refractivity contribution is -0.113. The SMILES string of the molecule is O=C(CSc1ncc(-c2ccccc2)n1CC1CCCO1)Nc1cc(F)cc(F)c1. The molecule has 1 aliphatic heterocycles. The van der Waals surface area contributed by atoms with Gasteiger partial charge in [0, 0.05) is 18.4 Å². The van der Waals surface area contributed by atoms with Gasteiger partial charge < -0.3 is 14.6 Å². The minimum Gasteiger partial charge on any atom is -0.376 e. The number of carbonyl (C=O) groups excluding carboxylic acids is 1. The first kappa shape index (κ1) is 20.6. The molecule has 5 nitrogen and oxygen atoms in total. The monoisotopic (exact) mass is 429 g/mol. The second-order valence-electron chi connectivity index (χ2n) is 7.03. The number of ether oxygens (including phenoxy) is 1. The van der Waals surface area contributed by atoms with Crippen molar-refractivity contribution in [1.82, 2.24) is 9.55 Å². The fraction of sp³-hybridized carbons (Fsp3) is 0.273. The van der Waals surface area contributed by atoms with Crippen LogP contribution in [-0.4, -0.2) is 33.9 Å². The second kappa shape index (κ2) is 9.40. The highest BCUT2D eigenvalue weighted by atomic mass is 32.2. The van der Waals surface area contributed by atoms with Crippen molar-refractivity contribution in [2.45, 2.75) is 30.6 Å². The lowest BCUT2D eigenvalue weighted by Crippen LogP contribution is -2.18. The lowest BCUT2D eigenvalue weighted by atomic mass is 10.1. The topological polar surface area (TPSA) is 56.2 Å². The average molecular weight is 429 g/mol. The van der Waals surface area contributed by atoms with Crippen molar-refractivity contribution in [3.8, 4) is 11.3 Å². The van der Waals surface area contributed by atoms with E-state index in [0.29, 0.717) is 11.7 Å². The van der Waals surface area contributed by atoms with Gasteiger partial charge in [-0.1, -0.05) is 42.1 Å². The molecule has 8 heteroatoms. The first-order valence-corrected chi connectivity index (χ1v) is 10.7. The standard InChI is InChI=1S/C22H21F2N3O2S/c23-16-9-17(24)11-18(10-16)26-21(28)14-30-22-25-12-20(15-5-2-1-3-6-15)27(22)13-19-7-4-8-29-19/h1-3,5-6,9-12,19H,4,7-8,13-14H2,(H,26,28). The van der Waals surface area contributed by atoms with Crippen molar-refractivity contribution < 1.29 is 18.3 Å². The number of benzene rings is 2. The molecular formula is C22H21F2N3O2S. The van der Waals surface area contributed by atoms with Crippen LogP contribution < -0.4 is 5.32 Å². The Bertz CT molecular complexity index is 1000. The summed E-state index contributed by atoms with van der Waals surface area (Å²) in [6, 6.07) is 12.9. The van der Waals surface area contributed by atoms with Crippen molar-refractivity contribution in [2.24, 2.45) is 0 Å². The third-order valence-electron chi connectivity index (χ3n) is 4.78. The van der Waals surface area contributed by atoms with Crippen LogP contribution in [0.2, 0.25) is 0 Å². The molecule has 1 fully saturated rings. The second-order valence-corrected chi connectivity index (χ2v) is 7.98. The van der Waals surface area contributed by atoms with Crippen molar-refractivity contribution in [1.29, 1.82) is 0 Å². The number of hydrogen-bond donors (Lipinski definition) is 1. The smallest absolute Gasteiger partial charge is 0.234 e. The van der Waals surface area contributed by atoms with Crippen LogP contribution >= 0.6 is 11.8 Å². The number of thioether (sulfide) groups is 1. The Morgan fingerprint density at radius 1 is 1.20 bits per heavy atom. The van der Waals surface area contributed by atoms with Crippen LogP contribution in [0.5, 0.6) is 0 Å². The number of hydrogen-bond acceptors (Lipinski definition) is 4. The molecule has 2 aromatic carbocycles. The molecule has 0 spiro atoms. The summed E-state index contributed by atoms with van der Waals surface area (Å²) in [4.78, 5) is 16.8. The third kappa shape index (κ3) is 5.06. The van der Waals surface area contributed by atoms with Crippen LogP contribution in [0.1, 0.15) is 12.8 Å². The van der Waals surface area contributed by atoms with Crippen LogP contribution in [0, 0.1) is 11.6 Å². The molecule has 30 heavy (non-hydrogen) atoms. The lowest BCUT2D eigenvalue weighted by Gasteiger charge is -2.16. The number of nitrogens with one attached hydrogen (secondary N) is 1. The van der Waals surface area contributed by atoms with E-state index in [2.05, 4.69) is 14.9 Å². The molecule has 0 radical (unpaired) electrons. The summed E-state index contributed by atoms with van der Waals surface area (Å²) >= 11 is 1.28. The molecular weight excluding hydrogens is 408 g/mol. The predicted octanol–water partition coefficient (Wildman–Crippen LogP) is 4.74. The first-order valence-electron chi connectivity index (χ1n) is 9.70. The summed E-state index contributed by atoms with van der Waals surface area (Å²) in [5.41, 5.74) is 2.08. The van der Waals surface area contributed by atoms with Gasteiger partial charge in [-0.3, -0.25) is 4.79 Å². The van der Waals surface area contributed by atoms with Gasteiger partial charge in [0.25, 0.3) is 0 Å². The summed E-state index contributed by atoms with van der Waals surface area (Å²) in [6.45, 7) is 1.42. The molecule has 1 aliphatic rings. The van der Waals surface area contributed by atoms with E-state index in [-0.39, 0.29) is 23.5 Å². The molecule has 0 saturated carbocycles. The summed E-state index contributed by atoms with van der Waals surface area (Å²) in [5.74, 6) is -1.78. The van der Waals surface area contributed by atoms with Gasteiger partial charge in [0.05, 0.1) is 30.3 Å². The molecule has 0 aliphatic carbocycles. The highest BCUT2D eigenvalue weighted by Crippen LogP contribution is 2.28. The van der Waals surface area contributed by atoms with Crippen LogP contribution in [0.4, 0.5) is 14.5 Å². The molecule has 1 atom stereocenters. The van der Waals surface area contributed by atoms with E-state index in [4.69, 9.17) is 4.74 Å². The minimum atomic E-state index is -0.738. The van der Waals surface area contributed by atoms with Gasteiger partial charge in [0.1, 0.15) is 11.6 Å². The van der Waals surface area contributed by atoms with Gasteiger partial charge in [-0.15, -0.1) is 0 Å². The number of imidazole rings is 1. The zero-order chi connectivity index (χ0) is 20.9. The van der Waals surface area contributed by atoms with Gasteiger partial charge in [0.15, 0.2) is 5.16 Å². The Morgan fingerprint density at radius 2 is 1.97 bits per heavy atom. The van der Waals surface area contributed by atoms with E-state index in [1.807, 2.05) is 30.3 Å². The molecule has 1 saturated heterocycles. The Kier molecular flexibility index (Phi) is 6.44. The van der Waals surface area contributed by atoms with E-state index in [0.717, 1.165) is 48.9 Å². The van der Waals surface area contributed by atoms with Crippen molar-refractivity contribution in [3.05, 3.63) is 66.4 Å². The molecule has 3 aromatic rings. The van der Waals surface area contributed by atoms with Crippen LogP contribution in [0.25, 0.3) is 11.3 Å². The quantitative estimate of drug-likeness (QED) is 0.552. The van der Waals surface area contributed by atoms with Crippen molar-refractivity contribution in [3.63, 3.8) is 0 Å².